The lowest BCUT2D eigenvalue weighted by Gasteiger charge is -1.97. The van der Waals surface area contributed by atoms with Crippen molar-refractivity contribution >= 4 is 27.3 Å². The Morgan fingerprint density at radius 1 is 1.08 bits per heavy atom. The molecular weight excluding hydrogens is 405 g/mol. The van der Waals surface area contributed by atoms with E-state index in [0.717, 1.165) is 20.7 Å². The Morgan fingerprint density at radius 2 is 1.92 bits per heavy atom. The van der Waals surface area contributed by atoms with Crippen LogP contribution in [0.15, 0.2) is 58.4 Å². The van der Waals surface area contributed by atoms with Crippen molar-refractivity contribution in [3.05, 3.63) is 69.9 Å². The van der Waals surface area contributed by atoms with E-state index in [0.29, 0.717) is 17.9 Å². The Labute approximate surface area is 155 Å². The van der Waals surface area contributed by atoms with Gasteiger partial charge in [-0.05, 0) is 29.5 Å². The molecule has 0 aliphatic heterocycles. The SMILES string of the molecule is Fc1cccc(-c2nnn(Cc3csc(-c4cccc(Br)c4)n3)n2)c1. The molecule has 0 fully saturated rings. The molecule has 4 rings (SSSR count). The first kappa shape index (κ1) is 16.0. The number of hydrogen-bond donors (Lipinski definition) is 0. The highest BCUT2D eigenvalue weighted by Crippen LogP contribution is 2.26. The minimum Gasteiger partial charge on any atom is -0.239 e. The summed E-state index contributed by atoms with van der Waals surface area (Å²) in [5.74, 6) is 0.0638. The molecule has 0 bridgehead atoms. The van der Waals surface area contributed by atoms with E-state index in [1.54, 1.807) is 23.5 Å². The first-order valence-electron chi connectivity index (χ1n) is 7.41. The third kappa shape index (κ3) is 3.64. The third-order valence-corrected chi connectivity index (χ3v) is 4.90. The number of aromatic nitrogens is 5. The first-order valence-corrected chi connectivity index (χ1v) is 9.09. The topological polar surface area (TPSA) is 56.5 Å². The Balaban J connectivity index is 1.54. The van der Waals surface area contributed by atoms with E-state index in [1.165, 1.54) is 16.9 Å². The zero-order valence-electron chi connectivity index (χ0n) is 12.8. The number of nitrogens with zero attached hydrogens (tertiary/aromatic N) is 5. The standard InChI is InChI=1S/C17H11BrFN5S/c18-13-5-1-4-12(7-13)17-20-15(10-25-17)9-24-22-16(21-23-24)11-3-2-6-14(19)8-11/h1-8,10H,9H2. The van der Waals surface area contributed by atoms with E-state index in [4.69, 9.17) is 0 Å². The molecule has 2 aromatic carbocycles. The predicted molar refractivity (Wildman–Crippen MR) is 97.6 cm³/mol. The second-order valence-corrected chi connectivity index (χ2v) is 7.08. The summed E-state index contributed by atoms with van der Waals surface area (Å²) >= 11 is 5.03. The minimum absolute atomic E-state index is 0.327. The number of halogens is 2. The van der Waals surface area contributed by atoms with Gasteiger partial charge in [0.05, 0.1) is 5.69 Å². The number of benzene rings is 2. The lowest BCUT2D eigenvalue weighted by Crippen LogP contribution is -2.04. The average molecular weight is 416 g/mol. The molecule has 5 nitrogen and oxygen atoms in total. The van der Waals surface area contributed by atoms with Crippen molar-refractivity contribution in [3.8, 4) is 22.0 Å². The smallest absolute Gasteiger partial charge is 0.205 e. The molecule has 4 aromatic rings. The Hall–Kier alpha value is -2.45. The molecule has 2 aromatic heterocycles. The third-order valence-electron chi connectivity index (χ3n) is 3.46. The molecule has 0 spiro atoms. The largest absolute Gasteiger partial charge is 0.239 e. The van der Waals surface area contributed by atoms with Gasteiger partial charge in [0.25, 0.3) is 0 Å². The van der Waals surface area contributed by atoms with Gasteiger partial charge in [-0.25, -0.2) is 9.37 Å². The van der Waals surface area contributed by atoms with Crippen LogP contribution in [0, 0.1) is 5.82 Å². The molecule has 0 saturated heterocycles. The van der Waals surface area contributed by atoms with Crippen LogP contribution in [-0.2, 0) is 6.54 Å². The van der Waals surface area contributed by atoms with Crippen molar-refractivity contribution in [1.29, 1.82) is 0 Å². The van der Waals surface area contributed by atoms with Crippen LogP contribution < -0.4 is 0 Å². The molecule has 0 saturated carbocycles. The maximum atomic E-state index is 13.3. The van der Waals surface area contributed by atoms with Gasteiger partial charge < -0.3 is 0 Å². The fourth-order valence-electron chi connectivity index (χ4n) is 2.33. The molecular formula is C17H11BrFN5S. The van der Waals surface area contributed by atoms with E-state index in [1.807, 2.05) is 29.6 Å². The van der Waals surface area contributed by atoms with Crippen molar-refractivity contribution in [1.82, 2.24) is 25.2 Å². The molecule has 2 heterocycles. The van der Waals surface area contributed by atoms with Gasteiger partial charge in [0, 0.05) is 21.0 Å². The van der Waals surface area contributed by atoms with Crippen molar-refractivity contribution in [2.75, 3.05) is 0 Å². The molecule has 0 amide bonds. The quantitative estimate of drug-likeness (QED) is 0.495. The first-order chi connectivity index (χ1) is 12.2. The summed E-state index contributed by atoms with van der Waals surface area (Å²) in [5.41, 5.74) is 2.50. The van der Waals surface area contributed by atoms with Crippen LogP contribution in [-0.4, -0.2) is 25.2 Å². The highest BCUT2D eigenvalue weighted by Gasteiger charge is 2.10. The van der Waals surface area contributed by atoms with Gasteiger partial charge in [-0.15, -0.1) is 21.5 Å². The van der Waals surface area contributed by atoms with Crippen LogP contribution in [0.4, 0.5) is 4.39 Å². The monoisotopic (exact) mass is 415 g/mol. The van der Waals surface area contributed by atoms with Crippen LogP contribution in [0.5, 0.6) is 0 Å². The highest BCUT2D eigenvalue weighted by molar-refractivity contribution is 9.10. The Morgan fingerprint density at radius 3 is 2.76 bits per heavy atom. The second-order valence-electron chi connectivity index (χ2n) is 5.31. The van der Waals surface area contributed by atoms with E-state index in [-0.39, 0.29) is 5.82 Å². The van der Waals surface area contributed by atoms with Crippen LogP contribution in [0.1, 0.15) is 5.69 Å². The fraction of sp³-hybridized carbons (Fsp3) is 0.0588. The lowest BCUT2D eigenvalue weighted by atomic mass is 10.2. The molecule has 25 heavy (non-hydrogen) atoms. The molecule has 0 radical (unpaired) electrons. The highest BCUT2D eigenvalue weighted by atomic mass is 79.9. The van der Waals surface area contributed by atoms with E-state index >= 15 is 0 Å². The zero-order valence-corrected chi connectivity index (χ0v) is 15.2. The molecule has 0 N–H and O–H groups in total. The number of rotatable bonds is 4. The second kappa shape index (κ2) is 6.81. The molecule has 0 atom stereocenters. The van der Waals surface area contributed by atoms with Crippen LogP contribution >= 0.6 is 27.3 Å². The molecule has 8 heteroatoms. The summed E-state index contributed by atoms with van der Waals surface area (Å²) in [6.07, 6.45) is 0. The average Bonchev–Trinajstić information content (AvgIpc) is 3.25. The van der Waals surface area contributed by atoms with Crippen molar-refractivity contribution in [2.45, 2.75) is 6.54 Å². The van der Waals surface area contributed by atoms with Gasteiger partial charge in [-0.2, -0.15) is 4.80 Å². The molecule has 124 valence electrons. The van der Waals surface area contributed by atoms with E-state index in [9.17, 15) is 4.39 Å². The number of thiazole rings is 1. The molecule has 0 unspecified atom stereocenters. The summed E-state index contributed by atoms with van der Waals surface area (Å²) < 4.78 is 14.3. The van der Waals surface area contributed by atoms with Gasteiger partial charge in [0.15, 0.2) is 0 Å². The van der Waals surface area contributed by atoms with Crippen LogP contribution in [0.25, 0.3) is 22.0 Å². The van der Waals surface area contributed by atoms with Crippen LogP contribution in [0.2, 0.25) is 0 Å². The maximum Gasteiger partial charge on any atom is 0.205 e. The van der Waals surface area contributed by atoms with E-state index < -0.39 is 0 Å². The normalized spacial score (nSPS) is 11.0. The summed E-state index contributed by atoms with van der Waals surface area (Å²) in [6, 6.07) is 14.1. The number of hydrogen-bond acceptors (Lipinski definition) is 5. The van der Waals surface area contributed by atoms with Gasteiger partial charge in [0.2, 0.25) is 5.82 Å². The predicted octanol–water partition coefficient (Wildman–Crippen LogP) is 4.41. The minimum atomic E-state index is -0.327. The Kier molecular flexibility index (Phi) is 4.37. The molecule has 0 aliphatic rings. The summed E-state index contributed by atoms with van der Waals surface area (Å²) in [7, 11) is 0. The van der Waals surface area contributed by atoms with Crippen molar-refractivity contribution < 1.29 is 4.39 Å². The van der Waals surface area contributed by atoms with Gasteiger partial charge in [0.1, 0.15) is 17.4 Å². The summed E-state index contributed by atoms with van der Waals surface area (Å²) in [5, 5.41) is 15.2. The summed E-state index contributed by atoms with van der Waals surface area (Å²) in [4.78, 5) is 6.08. The zero-order chi connectivity index (χ0) is 17.2. The Bertz CT molecular complexity index is 947. The maximum absolute atomic E-state index is 13.3. The van der Waals surface area contributed by atoms with Crippen molar-refractivity contribution in [3.63, 3.8) is 0 Å². The van der Waals surface area contributed by atoms with Crippen LogP contribution in [0.3, 0.4) is 0 Å². The fourth-order valence-corrected chi connectivity index (χ4v) is 3.54. The van der Waals surface area contributed by atoms with Gasteiger partial charge >= 0.3 is 0 Å². The number of tetrazole rings is 1. The van der Waals surface area contributed by atoms with Gasteiger partial charge in [-0.1, -0.05) is 40.2 Å². The van der Waals surface area contributed by atoms with Crippen molar-refractivity contribution in [2.24, 2.45) is 0 Å². The van der Waals surface area contributed by atoms with E-state index in [2.05, 4.69) is 36.3 Å². The molecule has 0 aliphatic carbocycles. The summed E-state index contributed by atoms with van der Waals surface area (Å²) in [6.45, 7) is 0.410. The van der Waals surface area contributed by atoms with Gasteiger partial charge in [-0.3, -0.25) is 0 Å². The lowest BCUT2D eigenvalue weighted by molar-refractivity contribution is 0.566.